The molecule has 88 valence electrons. The molecule has 0 aromatic rings. The molecular formula is C10H20N2O3. The number of hydrogen-bond donors (Lipinski definition) is 2. The summed E-state index contributed by atoms with van der Waals surface area (Å²) in [5, 5.41) is 2.55. The van der Waals surface area contributed by atoms with Crippen LogP contribution < -0.4 is 11.1 Å². The molecule has 0 aliphatic rings. The van der Waals surface area contributed by atoms with Crippen molar-refractivity contribution in [1.82, 2.24) is 5.32 Å². The van der Waals surface area contributed by atoms with Gasteiger partial charge in [0.25, 0.3) is 0 Å². The fourth-order valence-corrected chi connectivity index (χ4v) is 1.13. The van der Waals surface area contributed by atoms with Crippen molar-refractivity contribution in [3.63, 3.8) is 0 Å². The molecule has 0 spiro atoms. The molecule has 3 N–H and O–H groups in total. The number of nitrogens with one attached hydrogen (secondary N) is 1. The van der Waals surface area contributed by atoms with E-state index in [1.807, 2.05) is 6.92 Å². The Balaban J connectivity index is 3.69. The Labute approximate surface area is 90.4 Å². The Bertz CT molecular complexity index is 217. The van der Waals surface area contributed by atoms with E-state index in [2.05, 4.69) is 10.1 Å². The summed E-state index contributed by atoms with van der Waals surface area (Å²) < 4.78 is 4.48. The van der Waals surface area contributed by atoms with Crippen LogP contribution in [0.15, 0.2) is 0 Å². The van der Waals surface area contributed by atoms with E-state index in [0.717, 1.165) is 12.8 Å². The van der Waals surface area contributed by atoms with E-state index >= 15 is 0 Å². The number of hydrogen-bond acceptors (Lipinski definition) is 4. The predicted molar refractivity (Wildman–Crippen MR) is 57.1 cm³/mol. The van der Waals surface area contributed by atoms with Gasteiger partial charge in [-0.05, 0) is 26.7 Å². The van der Waals surface area contributed by atoms with Crippen LogP contribution in [0.3, 0.4) is 0 Å². The molecule has 0 radical (unpaired) electrons. The average Bonchev–Trinajstić information content (AvgIpc) is 2.15. The van der Waals surface area contributed by atoms with Gasteiger partial charge in [-0.25, -0.2) is 4.79 Å². The summed E-state index contributed by atoms with van der Waals surface area (Å²) in [5.41, 5.74) is 5.54. The van der Waals surface area contributed by atoms with Crippen LogP contribution in [0.4, 0.5) is 0 Å². The molecule has 2 unspecified atom stereocenters. The van der Waals surface area contributed by atoms with Crippen molar-refractivity contribution in [2.75, 3.05) is 7.11 Å². The van der Waals surface area contributed by atoms with Crippen molar-refractivity contribution < 1.29 is 14.3 Å². The zero-order valence-corrected chi connectivity index (χ0v) is 9.58. The Morgan fingerprint density at radius 1 is 1.40 bits per heavy atom. The molecule has 0 rings (SSSR count). The molecule has 5 nitrogen and oxygen atoms in total. The van der Waals surface area contributed by atoms with Crippen molar-refractivity contribution >= 4 is 11.9 Å². The van der Waals surface area contributed by atoms with Gasteiger partial charge in [-0.3, -0.25) is 4.79 Å². The van der Waals surface area contributed by atoms with Gasteiger partial charge in [-0.2, -0.15) is 0 Å². The van der Waals surface area contributed by atoms with Crippen molar-refractivity contribution in [3.8, 4) is 0 Å². The van der Waals surface area contributed by atoms with Gasteiger partial charge in [-0.15, -0.1) is 0 Å². The molecule has 1 amide bonds. The van der Waals surface area contributed by atoms with Crippen LogP contribution in [0.5, 0.6) is 0 Å². The molecule has 0 saturated heterocycles. The number of carbonyl (C=O) groups is 2. The summed E-state index contributed by atoms with van der Waals surface area (Å²) in [6.07, 6.45) is 1.93. The number of rotatable bonds is 6. The number of amides is 1. The molecule has 0 heterocycles. The van der Waals surface area contributed by atoms with Crippen LogP contribution in [0, 0.1) is 0 Å². The smallest absolute Gasteiger partial charge is 0.328 e. The minimum Gasteiger partial charge on any atom is -0.467 e. The highest BCUT2D eigenvalue weighted by atomic mass is 16.5. The minimum atomic E-state index is -0.585. The maximum absolute atomic E-state index is 11.3. The van der Waals surface area contributed by atoms with Crippen LogP contribution in [0.25, 0.3) is 0 Å². The summed E-state index contributed by atoms with van der Waals surface area (Å²) >= 11 is 0. The van der Waals surface area contributed by atoms with Crippen molar-refractivity contribution in [1.29, 1.82) is 0 Å². The largest absolute Gasteiger partial charge is 0.467 e. The van der Waals surface area contributed by atoms with Crippen molar-refractivity contribution in [2.24, 2.45) is 5.73 Å². The maximum atomic E-state index is 11.3. The normalized spacial score (nSPS) is 14.1. The highest BCUT2D eigenvalue weighted by Crippen LogP contribution is 1.99. The molecule has 0 aliphatic heterocycles. The van der Waals surface area contributed by atoms with Gasteiger partial charge in [0, 0.05) is 12.5 Å². The second-order valence-corrected chi connectivity index (χ2v) is 3.68. The first-order valence-electron chi connectivity index (χ1n) is 5.10. The number of ether oxygens (including phenoxy) is 1. The fourth-order valence-electron chi connectivity index (χ4n) is 1.13. The van der Waals surface area contributed by atoms with Crippen LogP contribution in [-0.2, 0) is 14.3 Å². The summed E-state index contributed by atoms with van der Waals surface area (Å²) in [4.78, 5) is 22.3. The minimum absolute atomic E-state index is 0.107. The summed E-state index contributed by atoms with van der Waals surface area (Å²) in [6, 6.07) is -0.478. The first-order chi connectivity index (χ1) is 6.97. The van der Waals surface area contributed by atoms with Crippen LogP contribution >= 0.6 is 0 Å². The van der Waals surface area contributed by atoms with Crippen molar-refractivity contribution in [3.05, 3.63) is 0 Å². The molecule has 0 bridgehead atoms. The quantitative estimate of drug-likeness (QED) is 0.621. The van der Waals surface area contributed by atoms with Crippen molar-refractivity contribution in [2.45, 2.75) is 45.2 Å². The van der Waals surface area contributed by atoms with Gasteiger partial charge >= 0.3 is 5.97 Å². The first kappa shape index (κ1) is 13.9. The second-order valence-electron chi connectivity index (χ2n) is 3.68. The number of carbonyl (C=O) groups excluding carboxylic acids is 2. The van der Waals surface area contributed by atoms with E-state index in [1.54, 1.807) is 6.92 Å². The zero-order chi connectivity index (χ0) is 11.8. The van der Waals surface area contributed by atoms with Gasteiger partial charge in [-0.1, -0.05) is 0 Å². The van der Waals surface area contributed by atoms with Gasteiger partial charge in [0.15, 0.2) is 0 Å². The monoisotopic (exact) mass is 216 g/mol. The van der Waals surface area contributed by atoms with Gasteiger partial charge < -0.3 is 15.8 Å². The van der Waals surface area contributed by atoms with E-state index in [4.69, 9.17) is 5.73 Å². The zero-order valence-electron chi connectivity index (χ0n) is 9.58. The Morgan fingerprint density at radius 3 is 2.47 bits per heavy atom. The van der Waals surface area contributed by atoms with E-state index in [-0.39, 0.29) is 11.9 Å². The van der Waals surface area contributed by atoms with Gasteiger partial charge in [0.2, 0.25) is 5.91 Å². The van der Waals surface area contributed by atoms with E-state index < -0.39 is 12.0 Å². The van der Waals surface area contributed by atoms with Crippen LogP contribution in [-0.4, -0.2) is 31.1 Å². The molecule has 5 heteroatoms. The number of methoxy groups -OCH3 is 1. The predicted octanol–water partition coefficient (Wildman–Crippen LogP) is 0.182. The SMILES string of the molecule is COC(=O)C(C)NC(=O)CCCC(C)N. The third kappa shape index (κ3) is 6.90. The van der Waals surface area contributed by atoms with E-state index in [0.29, 0.717) is 6.42 Å². The third-order valence-corrected chi connectivity index (χ3v) is 2.00. The lowest BCUT2D eigenvalue weighted by atomic mass is 10.1. The first-order valence-corrected chi connectivity index (χ1v) is 5.10. The molecule has 0 saturated carbocycles. The molecule has 0 aliphatic carbocycles. The highest BCUT2D eigenvalue weighted by molar-refractivity contribution is 5.83. The summed E-state index contributed by atoms with van der Waals surface area (Å²) in [6.45, 7) is 3.49. The van der Waals surface area contributed by atoms with E-state index in [9.17, 15) is 9.59 Å². The molecule has 15 heavy (non-hydrogen) atoms. The van der Waals surface area contributed by atoms with E-state index in [1.165, 1.54) is 7.11 Å². The molecule has 0 fully saturated rings. The number of esters is 1. The van der Waals surface area contributed by atoms with Gasteiger partial charge in [0.05, 0.1) is 7.11 Å². The molecule has 0 aromatic heterocycles. The molecule has 0 aromatic carbocycles. The Hall–Kier alpha value is -1.10. The maximum Gasteiger partial charge on any atom is 0.328 e. The standard InChI is InChI=1S/C10H20N2O3/c1-7(11)5-4-6-9(13)12-8(2)10(14)15-3/h7-8H,4-6,11H2,1-3H3,(H,12,13). The Kier molecular flexibility index (Phi) is 6.70. The lowest BCUT2D eigenvalue weighted by Crippen LogP contribution is -2.39. The van der Waals surface area contributed by atoms with Crippen LogP contribution in [0.2, 0.25) is 0 Å². The molecule has 2 atom stereocenters. The third-order valence-electron chi connectivity index (χ3n) is 2.00. The average molecular weight is 216 g/mol. The molecular weight excluding hydrogens is 196 g/mol. The fraction of sp³-hybridized carbons (Fsp3) is 0.800. The highest BCUT2D eigenvalue weighted by Gasteiger charge is 2.15. The topological polar surface area (TPSA) is 81.4 Å². The summed E-state index contributed by atoms with van der Waals surface area (Å²) in [7, 11) is 1.29. The number of nitrogens with two attached hydrogens (primary N) is 1. The lowest BCUT2D eigenvalue weighted by molar-refractivity contribution is -0.144. The second kappa shape index (κ2) is 7.23. The van der Waals surface area contributed by atoms with Crippen LogP contribution in [0.1, 0.15) is 33.1 Å². The summed E-state index contributed by atoms with van der Waals surface area (Å²) in [5.74, 6) is -0.580. The Morgan fingerprint density at radius 2 is 2.00 bits per heavy atom. The van der Waals surface area contributed by atoms with Gasteiger partial charge in [0.1, 0.15) is 6.04 Å². The lowest BCUT2D eigenvalue weighted by Gasteiger charge is -2.11.